The van der Waals surface area contributed by atoms with E-state index in [-0.39, 0.29) is 20.3 Å². The molecule has 0 unspecified atom stereocenters. The number of H-pyrrole nitrogens is 1. The van der Waals surface area contributed by atoms with Gasteiger partial charge in [-0.3, -0.25) is 14.3 Å². The van der Waals surface area contributed by atoms with Crippen LogP contribution in [0.5, 0.6) is 0 Å². The third-order valence-electron chi connectivity index (χ3n) is 2.97. The van der Waals surface area contributed by atoms with Crippen molar-refractivity contribution in [3.05, 3.63) is 32.6 Å². The molecule has 0 saturated carbocycles. The van der Waals surface area contributed by atoms with Crippen LogP contribution >= 0.6 is 0 Å². The topological polar surface area (TPSA) is 105 Å². The lowest BCUT2D eigenvalue weighted by Crippen LogP contribution is -3.00. The van der Waals surface area contributed by atoms with Crippen LogP contribution in [0.3, 0.4) is 0 Å². The molecule has 1 fully saturated rings. The molecule has 2 rings (SSSR count). The first kappa shape index (κ1) is 17.7. The van der Waals surface area contributed by atoms with Crippen LogP contribution < -0.4 is 23.7 Å². The van der Waals surface area contributed by atoms with Gasteiger partial charge in [0.05, 0.1) is 12.7 Å². The fourth-order valence-electron chi connectivity index (χ4n) is 1.95. The van der Waals surface area contributed by atoms with Crippen molar-refractivity contribution in [3.63, 3.8) is 0 Å². The first-order valence-electron chi connectivity index (χ1n) is 5.61. The molecular formula is C10H12ClF3N2O5. The number of aromatic amines is 1. The molecule has 0 radical (unpaired) electrons. The van der Waals surface area contributed by atoms with Crippen LogP contribution in [0, 0.1) is 0 Å². The number of nitrogens with one attached hydrogen (secondary N) is 1. The Labute approximate surface area is 122 Å². The highest BCUT2D eigenvalue weighted by atomic mass is 35.5. The number of nitrogens with zero attached hydrogens (tertiary/aromatic N) is 1. The molecule has 120 valence electrons. The largest absolute Gasteiger partial charge is 1.00 e. The first-order valence-corrected chi connectivity index (χ1v) is 5.61. The number of aromatic nitrogens is 2. The molecule has 0 aliphatic carbocycles. The van der Waals surface area contributed by atoms with Crippen LogP contribution in [0.2, 0.25) is 0 Å². The number of alkyl halides is 3. The monoisotopic (exact) mass is 332 g/mol. The van der Waals surface area contributed by atoms with E-state index in [0.717, 1.165) is 0 Å². The van der Waals surface area contributed by atoms with Gasteiger partial charge in [0.2, 0.25) is 0 Å². The van der Waals surface area contributed by atoms with Crippen molar-refractivity contribution in [1.82, 2.24) is 9.55 Å². The van der Waals surface area contributed by atoms with E-state index in [1.165, 1.54) is 0 Å². The lowest BCUT2D eigenvalue weighted by Gasteiger charge is -2.16. The summed E-state index contributed by atoms with van der Waals surface area (Å²) < 4.78 is 43.4. The maximum absolute atomic E-state index is 12.6. The lowest BCUT2D eigenvalue weighted by molar-refractivity contribution is -0.139. The van der Waals surface area contributed by atoms with E-state index < -0.39 is 48.0 Å². The number of hydrogen-bond acceptors (Lipinski definition) is 5. The Morgan fingerprint density at radius 1 is 1.48 bits per heavy atom. The number of hydrogen-bond donors (Lipinski definition) is 3. The lowest BCUT2D eigenvalue weighted by atomic mass is 10.2. The maximum atomic E-state index is 12.6. The Morgan fingerprint density at radius 3 is 2.57 bits per heavy atom. The summed E-state index contributed by atoms with van der Waals surface area (Å²) in [5.41, 5.74) is -4.17. The summed E-state index contributed by atoms with van der Waals surface area (Å²) in [6, 6.07) is 0. The Bertz CT molecular complexity index is 620. The van der Waals surface area contributed by atoms with Gasteiger partial charge < -0.3 is 27.4 Å². The third kappa shape index (κ3) is 3.46. The van der Waals surface area contributed by atoms with Gasteiger partial charge in [-0.1, -0.05) is 0 Å². The second-order valence-corrected chi connectivity index (χ2v) is 4.32. The fraction of sp³-hybridized carbons (Fsp3) is 0.600. The van der Waals surface area contributed by atoms with E-state index in [1.807, 2.05) is 0 Å². The molecule has 0 spiro atoms. The summed E-state index contributed by atoms with van der Waals surface area (Å²) >= 11 is 0. The van der Waals surface area contributed by atoms with Gasteiger partial charge in [-0.25, -0.2) is 4.79 Å². The zero-order chi connectivity index (χ0) is 15.1. The third-order valence-corrected chi connectivity index (χ3v) is 2.97. The number of aliphatic hydroxyl groups excluding tert-OH is 2. The van der Waals surface area contributed by atoms with Crippen LogP contribution in [0.4, 0.5) is 13.2 Å². The summed E-state index contributed by atoms with van der Waals surface area (Å²) in [5, 5.41) is 18.4. The van der Waals surface area contributed by atoms with Crippen LogP contribution in [0.15, 0.2) is 15.8 Å². The highest BCUT2D eigenvalue weighted by molar-refractivity contribution is 5.09. The summed E-state index contributed by atoms with van der Waals surface area (Å²) in [6.45, 7) is -0.540. The highest BCUT2D eigenvalue weighted by Gasteiger charge is 2.38. The van der Waals surface area contributed by atoms with E-state index in [0.29, 0.717) is 10.8 Å². The van der Waals surface area contributed by atoms with E-state index in [1.54, 1.807) is 4.98 Å². The number of aliphatic hydroxyl groups is 2. The molecule has 1 aliphatic heterocycles. The summed E-state index contributed by atoms with van der Waals surface area (Å²) in [6.07, 6.45) is -8.04. The minimum Gasteiger partial charge on any atom is -1.00 e. The average molecular weight is 333 g/mol. The van der Waals surface area contributed by atoms with Crippen molar-refractivity contribution in [2.75, 3.05) is 6.61 Å². The average Bonchev–Trinajstić information content (AvgIpc) is 2.68. The summed E-state index contributed by atoms with van der Waals surface area (Å²) in [4.78, 5) is 24.2. The van der Waals surface area contributed by atoms with Gasteiger partial charge in [0.1, 0.15) is 17.9 Å². The Balaban J connectivity index is 0.00000220. The van der Waals surface area contributed by atoms with Crippen LogP contribution in [-0.2, 0) is 10.9 Å². The molecule has 3 N–H and O–H groups in total. The number of rotatable bonds is 2. The quantitative estimate of drug-likeness (QED) is 0.517. The van der Waals surface area contributed by atoms with Gasteiger partial charge in [0, 0.05) is 12.6 Å². The minimum absolute atomic E-state index is 0. The van der Waals surface area contributed by atoms with Crippen molar-refractivity contribution < 1.29 is 42.0 Å². The molecular weight excluding hydrogens is 321 g/mol. The second kappa shape index (κ2) is 6.18. The van der Waals surface area contributed by atoms with Crippen molar-refractivity contribution in [3.8, 4) is 0 Å². The van der Waals surface area contributed by atoms with Crippen molar-refractivity contribution in [2.24, 2.45) is 0 Å². The molecule has 1 aliphatic rings. The zero-order valence-corrected chi connectivity index (χ0v) is 11.1. The number of ether oxygens (including phenoxy) is 1. The molecule has 2 heterocycles. The van der Waals surface area contributed by atoms with Gasteiger partial charge in [-0.2, -0.15) is 13.2 Å². The molecule has 0 bridgehead atoms. The van der Waals surface area contributed by atoms with E-state index >= 15 is 0 Å². The Kier molecular flexibility index (Phi) is 5.20. The minimum atomic E-state index is -4.92. The van der Waals surface area contributed by atoms with E-state index in [2.05, 4.69) is 0 Å². The molecule has 21 heavy (non-hydrogen) atoms. The maximum Gasteiger partial charge on any atom is 1.00 e. The molecule has 0 amide bonds. The smallest absolute Gasteiger partial charge is 1.00 e. The van der Waals surface area contributed by atoms with Gasteiger partial charge in [0.15, 0.2) is 0 Å². The molecule has 1 aromatic heterocycles. The molecule has 1 saturated heterocycles. The Morgan fingerprint density at radius 2 is 2.10 bits per heavy atom. The van der Waals surface area contributed by atoms with Gasteiger partial charge in [-0.15, -0.1) is 0 Å². The highest BCUT2D eigenvalue weighted by Crippen LogP contribution is 2.30. The standard InChI is InChI=1S/C10H11F3N2O5.ClH/c11-10(12,13)4-2-15(9(19)14-8(4)18)7-1-5(17)6(3-16)20-7;/h2,5-7,16-17H,1,3H2,(H,14,18,19);1H/t5-,6+,7+;/m0./s1. The Hall–Kier alpha value is -1.36. The molecule has 7 nitrogen and oxygen atoms in total. The molecule has 11 heteroatoms. The zero-order valence-electron chi connectivity index (χ0n) is 11.3. The number of halogens is 4. The van der Waals surface area contributed by atoms with Gasteiger partial charge >= 0.3 is 13.3 Å². The molecule has 0 aromatic carbocycles. The van der Waals surface area contributed by atoms with Crippen LogP contribution in [0.25, 0.3) is 0 Å². The van der Waals surface area contributed by atoms with Gasteiger partial charge in [-0.05, 0) is 0 Å². The predicted molar refractivity (Wildman–Crippen MR) is 59.1 cm³/mol. The molecule has 3 atom stereocenters. The van der Waals surface area contributed by atoms with Gasteiger partial charge in [0.25, 0.3) is 5.56 Å². The van der Waals surface area contributed by atoms with E-state index in [9.17, 15) is 27.9 Å². The van der Waals surface area contributed by atoms with Crippen molar-refractivity contribution in [2.45, 2.75) is 31.0 Å². The summed E-state index contributed by atoms with van der Waals surface area (Å²) in [5.74, 6) is 0. The van der Waals surface area contributed by atoms with Crippen molar-refractivity contribution in [1.29, 1.82) is 0 Å². The predicted octanol–water partition coefficient (Wildman–Crippen LogP) is -3.69. The first-order chi connectivity index (χ1) is 9.24. The van der Waals surface area contributed by atoms with Crippen molar-refractivity contribution >= 4 is 0 Å². The van der Waals surface area contributed by atoms with Crippen LogP contribution in [0.1, 0.15) is 19.6 Å². The van der Waals surface area contributed by atoms with Crippen LogP contribution in [-0.4, -0.2) is 38.6 Å². The molecule has 1 aromatic rings. The van der Waals surface area contributed by atoms with E-state index in [4.69, 9.17) is 9.84 Å². The fourth-order valence-corrected chi connectivity index (χ4v) is 1.95. The second-order valence-electron chi connectivity index (χ2n) is 4.32. The SMILES string of the molecule is O=c1[nH]c(=O)n([C@H]2C[C@H](O)[C@@H](CO)O2)cc1C(F)(F)F.[Cl-].[H+]. The normalized spacial score (nSPS) is 25.7. The summed E-state index contributed by atoms with van der Waals surface area (Å²) in [7, 11) is 0.